The van der Waals surface area contributed by atoms with Crippen molar-refractivity contribution in [2.45, 2.75) is 13.5 Å². The molecule has 94 valence electrons. The van der Waals surface area contributed by atoms with Crippen molar-refractivity contribution in [1.29, 1.82) is 0 Å². The largest absolute Gasteiger partial charge is 0.389 e. The molecule has 0 saturated heterocycles. The first-order valence-electron chi connectivity index (χ1n) is 5.31. The van der Waals surface area contributed by atoms with Crippen LogP contribution in [-0.4, -0.2) is 9.97 Å². The molecule has 0 amide bonds. The fourth-order valence-electron chi connectivity index (χ4n) is 1.47. The maximum absolute atomic E-state index is 6.15. The molecule has 1 aromatic carbocycles. The van der Waals surface area contributed by atoms with Crippen LogP contribution in [-0.2, 0) is 6.54 Å². The fraction of sp³-hybridized carbons (Fsp3) is 0.167. The van der Waals surface area contributed by atoms with Gasteiger partial charge in [0.2, 0.25) is 0 Å². The molecule has 0 aliphatic carbocycles. The van der Waals surface area contributed by atoms with Crippen molar-refractivity contribution in [2.75, 3.05) is 5.32 Å². The lowest BCUT2D eigenvalue weighted by molar-refractivity contribution is 1.10. The topological polar surface area (TPSA) is 50.9 Å². The second-order valence-corrected chi connectivity index (χ2v) is 5.94. The number of hydrogen-bond donors (Lipinski definition) is 2. The highest BCUT2D eigenvalue weighted by Crippen LogP contribution is 2.24. The van der Waals surface area contributed by atoms with Crippen molar-refractivity contribution >= 4 is 45.8 Å². The number of thiocarbonyl (C=S) groups is 1. The first kappa shape index (κ1) is 13.3. The van der Waals surface area contributed by atoms with Crippen LogP contribution in [0.2, 0.25) is 5.02 Å². The predicted octanol–water partition coefficient (Wildman–Crippen LogP) is 3.35. The molecule has 0 atom stereocenters. The van der Waals surface area contributed by atoms with E-state index >= 15 is 0 Å². The smallest absolute Gasteiger partial charge is 0.112 e. The van der Waals surface area contributed by atoms with Crippen molar-refractivity contribution < 1.29 is 0 Å². The first-order chi connectivity index (χ1) is 8.56. The average Bonchev–Trinajstić information content (AvgIpc) is 2.73. The summed E-state index contributed by atoms with van der Waals surface area (Å²) in [5.41, 5.74) is 7.17. The van der Waals surface area contributed by atoms with Gasteiger partial charge in [0, 0.05) is 16.6 Å². The van der Waals surface area contributed by atoms with Gasteiger partial charge in [-0.1, -0.05) is 23.8 Å². The maximum atomic E-state index is 6.15. The first-order valence-corrected chi connectivity index (χ1v) is 6.91. The second kappa shape index (κ2) is 5.65. The van der Waals surface area contributed by atoms with Crippen LogP contribution < -0.4 is 11.1 Å². The summed E-state index contributed by atoms with van der Waals surface area (Å²) in [5, 5.41) is 4.88. The number of hydrogen-bond acceptors (Lipinski definition) is 4. The van der Waals surface area contributed by atoms with Crippen LogP contribution in [0.15, 0.2) is 24.4 Å². The van der Waals surface area contributed by atoms with Gasteiger partial charge in [-0.25, -0.2) is 4.98 Å². The number of benzene rings is 1. The number of rotatable bonds is 4. The molecule has 1 heterocycles. The lowest BCUT2D eigenvalue weighted by Gasteiger charge is -2.08. The molecule has 3 N–H and O–H groups in total. The number of halogens is 1. The standard InChI is InChI=1S/C12H12ClN3S2/c1-7-5-16-11(18-7)6-15-10-3-2-8(12(14)17)4-9(10)13/h2-5,15H,6H2,1H3,(H2,14,17). The van der Waals surface area contributed by atoms with E-state index in [1.54, 1.807) is 17.4 Å². The van der Waals surface area contributed by atoms with Gasteiger partial charge in [-0.15, -0.1) is 11.3 Å². The molecular formula is C12H12ClN3S2. The van der Waals surface area contributed by atoms with Gasteiger partial charge in [-0.3, -0.25) is 0 Å². The molecule has 0 saturated carbocycles. The molecule has 3 nitrogen and oxygen atoms in total. The van der Waals surface area contributed by atoms with Gasteiger partial charge < -0.3 is 11.1 Å². The van der Waals surface area contributed by atoms with Crippen LogP contribution in [0.4, 0.5) is 5.69 Å². The molecule has 0 radical (unpaired) electrons. The van der Waals surface area contributed by atoms with E-state index in [2.05, 4.69) is 10.3 Å². The predicted molar refractivity (Wildman–Crippen MR) is 81.5 cm³/mol. The molecule has 0 bridgehead atoms. The molecule has 0 spiro atoms. The average molecular weight is 298 g/mol. The van der Waals surface area contributed by atoms with Crippen LogP contribution in [0.1, 0.15) is 15.4 Å². The number of anilines is 1. The highest BCUT2D eigenvalue weighted by atomic mass is 35.5. The van der Waals surface area contributed by atoms with E-state index in [0.717, 1.165) is 16.3 Å². The summed E-state index contributed by atoms with van der Waals surface area (Å²) < 4.78 is 0. The van der Waals surface area contributed by atoms with Crippen LogP contribution in [0.25, 0.3) is 0 Å². The molecule has 0 aliphatic heterocycles. The van der Waals surface area contributed by atoms with Gasteiger partial charge >= 0.3 is 0 Å². The van der Waals surface area contributed by atoms with Crippen LogP contribution in [0.5, 0.6) is 0 Å². The Labute approximate surface area is 120 Å². The quantitative estimate of drug-likeness (QED) is 0.850. The summed E-state index contributed by atoms with van der Waals surface area (Å²) in [4.78, 5) is 5.82. The number of aryl methyl sites for hydroxylation is 1. The zero-order valence-corrected chi connectivity index (χ0v) is 12.1. The zero-order valence-electron chi connectivity index (χ0n) is 9.74. The third kappa shape index (κ3) is 3.19. The van der Waals surface area contributed by atoms with Crippen molar-refractivity contribution in [2.24, 2.45) is 5.73 Å². The van der Waals surface area contributed by atoms with Crippen LogP contribution in [0.3, 0.4) is 0 Å². The lowest BCUT2D eigenvalue weighted by atomic mass is 10.2. The summed E-state index contributed by atoms with van der Waals surface area (Å²) >= 11 is 12.7. The Morgan fingerprint density at radius 2 is 2.33 bits per heavy atom. The summed E-state index contributed by atoms with van der Waals surface area (Å²) in [6.45, 7) is 2.69. The Morgan fingerprint density at radius 1 is 1.56 bits per heavy atom. The van der Waals surface area contributed by atoms with E-state index in [9.17, 15) is 0 Å². The number of nitrogens with one attached hydrogen (secondary N) is 1. The summed E-state index contributed by atoms with van der Waals surface area (Å²) in [6.07, 6.45) is 1.86. The van der Waals surface area contributed by atoms with Gasteiger partial charge in [0.25, 0.3) is 0 Å². The van der Waals surface area contributed by atoms with Gasteiger partial charge in [0.15, 0.2) is 0 Å². The highest BCUT2D eigenvalue weighted by molar-refractivity contribution is 7.80. The molecule has 0 aliphatic rings. The van der Waals surface area contributed by atoms with Crippen molar-refractivity contribution in [3.8, 4) is 0 Å². The van der Waals surface area contributed by atoms with Crippen LogP contribution >= 0.6 is 35.2 Å². The van der Waals surface area contributed by atoms with E-state index in [1.165, 1.54) is 4.88 Å². The molecule has 6 heteroatoms. The van der Waals surface area contributed by atoms with E-state index < -0.39 is 0 Å². The fourth-order valence-corrected chi connectivity index (χ4v) is 2.57. The molecule has 0 fully saturated rings. The van der Waals surface area contributed by atoms with Gasteiger partial charge in [0.1, 0.15) is 10.00 Å². The van der Waals surface area contributed by atoms with Crippen LogP contribution in [0, 0.1) is 6.92 Å². The molecule has 18 heavy (non-hydrogen) atoms. The lowest BCUT2D eigenvalue weighted by Crippen LogP contribution is -2.09. The number of thiazole rings is 1. The minimum absolute atomic E-state index is 0.346. The Balaban J connectivity index is 2.08. The Kier molecular flexibility index (Phi) is 4.16. The van der Waals surface area contributed by atoms with Crippen molar-refractivity contribution in [3.05, 3.63) is 44.9 Å². The minimum Gasteiger partial charge on any atom is -0.389 e. The SMILES string of the molecule is Cc1cnc(CNc2ccc(C(N)=S)cc2Cl)s1. The van der Waals surface area contributed by atoms with Gasteiger partial charge in [-0.05, 0) is 25.1 Å². The summed E-state index contributed by atoms with van der Waals surface area (Å²) in [7, 11) is 0. The van der Waals surface area contributed by atoms with E-state index in [1.807, 2.05) is 25.3 Å². The van der Waals surface area contributed by atoms with Crippen molar-refractivity contribution in [3.63, 3.8) is 0 Å². The van der Waals surface area contributed by atoms with Crippen molar-refractivity contribution in [1.82, 2.24) is 4.98 Å². The monoisotopic (exact) mass is 297 g/mol. The Hall–Kier alpha value is -1.17. The molecular weight excluding hydrogens is 286 g/mol. The number of aromatic nitrogens is 1. The van der Waals surface area contributed by atoms with Gasteiger partial charge in [-0.2, -0.15) is 0 Å². The third-order valence-corrected chi connectivity index (χ3v) is 3.81. The second-order valence-electron chi connectivity index (χ2n) is 3.78. The zero-order chi connectivity index (χ0) is 13.1. The third-order valence-electron chi connectivity index (χ3n) is 2.35. The normalized spacial score (nSPS) is 10.3. The molecule has 0 unspecified atom stereocenters. The molecule has 2 rings (SSSR count). The van der Waals surface area contributed by atoms with E-state index in [0.29, 0.717) is 16.6 Å². The molecule has 2 aromatic rings. The minimum atomic E-state index is 0.346. The molecule has 1 aromatic heterocycles. The van der Waals surface area contributed by atoms with E-state index in [4.69, 9.17) is 29.6 Å². The Bertz CT molecular complexity index is 580. The van der Waals surface area contributed by atoms with Gasteiger partial charge in [0.05, 0.1) is 17.3 Å². The summed E-state index contributed by atoms with van der Waals surface area (Å²) in [5.74, 6) is 0. The van der Waals surface area contributed by atoms with E-state index in [-0.39, 0.29) is 0 Å². The highest BCUT2D eigenvalue weighted by Gasteiger charge is 2.04. The maximum Gasteiger partial charge on any atom is 0.112 e. The number of nitrogens with two attached hydrogens (primary N) is 1. The Morgan fingerprint density at radius 3 is 2.89 bits per heavy atom. The summed E-state index contributed by atoms with van der Waals surface area (Å²) in [6, 6.07) is 5.49. The number of nitrogens with zero attached hydrogens (tertiary/aromatic N) is 1.